The number of amides is 1. The average molecular weight is 196 g/mol. The highest BCUT2D eigenvalue weighted by Crippen LogP contribution is 2.29. The van der Waals surface area contributed by atoms with Crippen LogP contribution in [0.25, 0.3) is 0 Å². The van der Waals surface area contributed by atoms with Crippen LogP contribution in [0.1, 0.15) is 32.6 Å². The summed E-state index contributed by atoms with van der Waals surface area (Å²) in [5.74, 6) is 1.78. The Balaban J connectivity index is 1.74. The third-order valence-electron chi connectivity index (χ3n) is 3.66. The van der Waals surface area contributed by atoms with Gasteiger partial charge in [-0.15, -0.1) is 0 Å². The van der Waals surface area contributed by atoms with Gasteiger partial charge in [-0.25, -0.2) is 0 Å². The number of nitrogens with zero attached hydrogens (tertiary/aromatic N) is 1. The number of hydrogen-bond acceptors (Lipinski definition) is 2. The minimum atomic E-state index is -0.197. The second-order valence-electron chi connectivity index (χ2n) is 4.98. The van der Waals surface area contributed by atoms with Gasteiger partial charge in [0.25, 0.3) is 0 Å². The lowest BCUT2D eigenvalue weighted by Crippen LogP contribution is -2.61. The third kappa shape index (κ3) is 1.92. The SMILES string of the molecule is CC1CCC(CN2CC(N)C2=O)CC1. The quantitative estimate of drug-likeness (QED) is 0.669. The van der Waals surface area contributed by atoms with E-state index in [0.717, 1.165) is 24.9 Å². The maximum atomic E-state index is 11.3. The second kappa shape index (κ2) is 3.89. The summed E-state index contributed by atoms with van der Waals surface area (Å²) in [6, 6.07) is -0.197. The van der Waals surface area contributed by atoms with Gasteiger partial charge in [-0.05, 0) is 24.7 Å². The molecule has 1 atom stereocenters. The van der Waals surface area contributed by atoms with Gasteiger partial charge >= 0.3 is 0 Å². The first-order valence-electron chi connectivity index (χ1n) is 5.71. The van der Waals surface area contributed by atoms with Crippen LogP contribution in [0.15, 0.2) is 0 Å². The molecular weight excluding hydrogens is 176 g/mol. The van der Waals surface area contributed by atoms with Gasteiger partial charge in [0.2, 0.25) is 5.91 Å². The van der Waals surface area contributed by atoms with Crippen molar-refractivity contribution in [2.75, 3.05) is 13.1 Å². The molecule has 2 rings (SSSR count). The van der Waals surface area contributed by atoms with Gasteiger partial charge < -0.3 is 10.6 Å². The maximum Gasteiger partial charge on any atom is 0.241 e. The van der Waals surface area contributed by atoms with E-state index in [-0.39, 0.29) is 11.9 Å². The molecule has 0 aromatic carbocycles. The summed E-state index contributed by atoms with van der Waals surface area (Å²) in [6.07, 6.45) is 5.25. The molecule has 1 saturated carbocycles. The molecule has 0 aromatic rings. The van der Waals surface area contributed by atoms with E-state index in [1.807, 2.05) is 4.90 Å². The van der Waals surface area contributed by atoms with Crippen molar-refractivity contribution < 1.29 is 4.79 Å². The van der Waals surface area contributed by atoms with Crippen molar-refractivity contribution in [3.63, 3.8) is 0 Å². The normalized spacial score (nSPS) is 38.3. The largest absolute Gasteiger partial charge is 0.339 e. The number of carbonyl (C=O) groups is 1. The summed E-state index contributed by atoms with van der Waals surface area (Å²) in [4.78, 5) is 13.2. The zero-order chi connectivity index (χ0) is 10.1. The Morgan fingerprint density at radius 2 is 2.00 bits per heavy atom. The van der Waals surface area contributed by atoms with Crippen LogP contribution in [0.5, 0.6) is 0 Å². The fraction of sp³-hybridized carbons (Fsp3) is 0.909. The zero-order valence-electron chi connectivity index (χ0n) is 8.91. The van der Waals surface area contributed by atoms with Gasteiger partial charge in [-0.2, -0.15) is 0 Å². The van der Waals surface area contributed by atoms with Gasteiger partial charge in [0.05, 0.1) is 0 Å². The molecule has 1 unspecified atom stereocenters. The monoisotopic (exact) mass is 196 g/mol. The Labute approximate surface area is 85.6 Å². The number of hydrogen-bond donors (Lipinski definition) is 1. The molecule has 0 radical (unpaired) electrons. The molecule has 14 heavy (non-hydrogen) atoms. The average Bonchev–Trinajstić information content (AvgIpc) is 2.20. The molecule has 2 fully saturated rings. The first-order chi connectivity index (χ1) is 6.66. The summed E-state index contributed by atoms with van der Waals surface area (Å²) in [7, 11) is 0. The molecular formula is C11H20N2O. The standard InChI is InChI=1S/C11H20N2O/c1-8-2-4-9(5-3-8)6-13-7-10(12)11(13)14/h8-10H,2-7,12H2,1H3. The third-order valence-corrected chi connectivity index (χ3v) is 3.66. The lowest BCUT2D eigenvalue weighted by Gasteiger charge is -2.40. The predicted octanol–water partition coefficient (Wildman–Crippen LogP) is 0.982. The van der Waals surface area contributed by atoms with Crippen LogP contribution < -0.4 is 5.73 Å². The van der Waals surface area contributed by atoms with Gasteiger partial charge in [0.1, 0.15) is 6.04 Å². The van der Waals surface area contributed by atoms with Crippen LogP contribution in [0.4, 0.5) is 0 Å². The van der Waals surface area contributed by atoms with Crippen molar-refractivity contribution in [1.29, 1.82) is 0 Å². The summed E-state index contributed by atoms with van der Waals surface area (Å²) < 4.78 is 0. The van der Waals surface area contributed by atoms with E-state index in [1.54, 1.807) is 0 Å². The Kier molecular flexibility index (Phi) is 2.77. The highest BCUT2D eigenvalue weighted by atomic mass is 16.2. The molecule has 1 aliphatic carbocycles. The van der Waals surface area contributed by atoms with Crippen molar-refractivity contribution in [1.82, 2.24) is 4.90 Å². The predicted molar refractivity (Wildman–Crippen MR) is 55.7 cm³/mol. The van der Waals surface area contributed by atoms with E-state index in [1.165, 1.54) is 25.7 Å². The van der Waals surface area contributed by atoms with Crippen molar-refractivity contribution in [2.24, 2.45) is 17.6 Å². The highest BCUT2D eigenvalue weighted by Gasteiger charge is 2.35. The highest BCUT2D eigenvalue weighted by molar-refractivity contribution is 5.87. The smallest absolute Gasteiger partial charge is 0.241 e. The van der Waals surface area contributed by atoms with E-state index < -0.39 is 0 Å². The number of β-lactam (4-membered cyclic amide) rings is 1. The van der Waals surface area contributed by atoms with Crippen molar-refractivity contribution in [3.8, 4) is 0 Å². The molecule has 0 bridgehead atoms. The first kappa shape index (κ1) is 9.97. The topological polar surface area (TPSA) is 46.3 Å². The summed E-state index contributed by atoms with van der Waals surface area (Å²) in [5, 5.41) is 0. The zero-order valence-corrected chi connectivity index (χ0v) is 8.91. The molecule has 1 heterocycles. The minimum absolute atomic E-state index is 0.156. The summed E-state index contributed by atoms with van der Waals surface area (Å²) in [5.41, 5.74) is 5.55. The number of nitrogens with two attached hydrogens (primary N) is 1. The van der Waals surface area contributed by atoms with E-state index in [0.29, 0.717) is 0 Å². The van der Waals surface area contributed by atoms with E-state index in [4.69, 9.17) is 5.73 Å². The molecule has 2 aliphatic rings. The Bertz CT molecular complexity index is 221. The van der Waals surface area contributed by atoms with Crippen molar-refractivity contribution in [3.05, 3.63) is 0 Å². The van der Waals surface area contributed by atoms with Gasteiger partial charge in [-0.1, -0.05) is 19.8 Å². The van der Waals surface area contributed by atoms with Crippen LogP contribution in [0.3, 0.4) is 0 Å². The summed E-state index contributed by atoms with van der Waals surface area (Å²) >= 11 is 0. The minimum Gasteiger partial charge on any atom is -0.339 e. The molecule has 3 heteroatoms. The van der Waals surface area contributed by atoms with Crippen LogP contribution >= 0.6 is 0 Å². The van der Waals surface area contributed by atoms with Gasteiger partial charge in [0, 0.05) is 13.1 Å². The van der Waals surface area contributed by atoms with Crippen LogP contribution in [0, 0.1) is 11.8 Å². The maximum absolute atomic E-state index is 11.3. The number of likely N-dealkylation sites (tertiary alicyclic amines) is 1. The molecule has 1 saturated heterocycles. The molecule has 2 N–H and O–H groups in total. The van der Waals surface area contributed by atoms with E-state index >= 15 is 0 Å². The molecule has 1 aliphatic heterocycles. The van der Waals surface area contributed by atoms with E-state index in [2.05, 4.69) is 6.92 Å². The molecule has 80 valence electrons. The Hall–Kier alpha value is -0.570. The molecule has 0 aromatic heterocycles. The van der Waals surface area contributed by atoms with E-state index in [9.17, 15) is 4.79 Å². The number of rotatable bonds is 2. The molecule has 3 nitrogen and oxygen atoms in total. The Morgan fingerprint density at radius 1 is 1.36 bits per heavy atom. The van der Waals surface area contributed by atoms with Crippen molar-refractivity contribution in [2.45, 2.75) is 38.6 Å². The first-order valence-corrected chi connectivity index (χ1v) is 5.71. The number of carbonyl (C=O) groups excluding carboxylic acids is 1. The van der Waals surface area contributed by atoms with Gasteiger partial charge in [-0.3, -0.25) is 4.79 Å². The molecule has 0 spiro atoms. The van der Waals surface area contributed by atoms with Crippen LogP contribution in [0.2, 0.25) is 0 Å². The lowest BCUT2D eigenvalue weighted by atomic mass is 9.82. The van der Waals surface area contributed by atoms with Crippen molar-refractivity contribution >= 4 is 5.91 Å². The molecule has 1 amide bonds. The lowest BCUT2D eigenvalue weighted by molar-refractivity contribution is -0.143. The Morgan fingerprint density at radius 3 is 2.50 bits per heavy atom. The fourth-order valence-corrected chi connectivity index (χ4v) is 2.52. The van der Waals surface area contributed by atoms with Crippen LogP contribution in [-0.2, 0) is 4.79 Å². The second-order valence-corrected chi connectivity index (χ2v) is 4.98. The van der Waals surface area contributed by atoms with Gasteiger partial charge in [0.15, 0.2) is 0 Å². The fourth-order valence-electron chi connectivity index (χ4n) is 2.52. The summed E-state index contributed by atoms with van der Waals surface area (Å²) in [6.45, 7) is 4.06. The van der Waals surface area contributed by atoms with Crippen LogP contribution in [-0.4, -0.2) is 29.9 Å².